The molecule has 0 atom stereocenters. The fourth-order valence-electron chi connectivity index (χ4n) is 1.34. The minimum Gasteiger partial charge on any atom is -0.423 e. The first-order chi connectivity index (χ1) is 7.72. The highest BCUT2D eigenvalue weighted by Gasteiger charge is 2.16. The molecule has 0 saturated heterocycles. The minimum atomic E-state index is -0.489. The van der Waals surface area contributed by atoms with Crippen molar-refractivity contribution in [2.75, 3.05) is 18.4 Å². The zero-order valence-corrected chi connectivity index (χ0v) is 8.34. The Bertz CT molecular complexity index is 522. The first-order valence-electron chi connectivity index (χ1n) is 4.70. The van der Waals surface area contributed by atoms with E-state index in [1.807, 2.05) is 0 Å². The van der Waals surface area contributed by atoms with Crippen LogP contribution in [-0.4, -0.2) is 23.0 Å². The van der Waals surface area contributed by atoms with Crippen LogP contribution in [-0.2, 0) is 0 Å². The van der Waals surface area contributed by atoms with Gasteiger partial charge in [-0.25, -0.2) is 0 Å². The molecule has 2 aromatic rings. The van der Waals surface area contributed by atoms with Gasteiger partial charge < -0.3 is 15.5 Å². The number of anilines is 1. The van der Waals surface area contributed by atoms with Crippen molar-refractivity contribution in [3.05, 3.63) is 28.3 Å². The Morgan fingerprint density at radius 1 is 1.56 bits per heavy atom. The molecular weight excluding hydrogens is 212 g/mol. The number of fused-ring (bicyclic) bond motifs is 1. The molecule has 0 amide bonds. The third-order valence-corrected chi connectivity index (χ3v) is 2.01. The maximum Gasteiger partial charge on any atom is 0.298 e. The van der Waals surface area contributed by atoms with Crippen molar-refractivity contribution >= 4 is 22.8 Å². The van der Waals surface area contributed by atoms with Gasteiger partial charge >= 0.3 is 0 Å². The summed E-state index contributed by atoms with van der Waals surface area (Å²) in [7, 11) is 0. The molecule has 7 heteroatoms. The van der Waals surface area contributed by atoms with E-state index >= 15 is 0 Å². The van der Waals surface area contributed by atoms with Gasteiger partial charge in [-0.05, 0) is 6.07 Å². The molecule has 0 aliphatic heterocycles. The molecule has 0 unspecified atom stereocenters. The van der Waals surface area contributed by atoms with E-state index in [0.29, 0.717) is 18.7 Å². The first-order valence-corrected chi connectivity index (χ1v) is 4.70. The third-order valence-electron chi connectivity index (χ3n) is 2.01. The second-order valence-corrected chi connectivity index (χ2v) is 3.12. The number of hydrogen-bond acceptors (Lipinski definition) is 6. The number of benzene rings is 1. The Kier molecular flexibility index (Phi) is 2.69. The molecule has 1 heterocycles. The standard InChI is InChI=1S/C9H10N4O3/c10-4-5-11-9-12-8-6(13(14)15)2-1-3-7(8)16-9/h1-3H,4-5,10H2,(H,11,12). The molecule has 0 bridgehead atoms. The van der Waals surface area contributed by atoms with Gasteiger partial charge in [0, 0.05) is 19.2 Å². The molecule has 0 radical (unpaired) electrons. The zero-order chi connectivity index (χ0) is 11.5. The van der Waals surface area contributed by atoms with Crippen LogP contribution in [0.5, 0.6) is 0 Å². The van der Waals surface area contributed by atoms with E-state index in [-0.39, 0.29) is 17.2 Å². The van der Waals surface area contributed by atoms with Crippen LogP contribution in [0.25, 0.3) is 11.1 Å². The normalized spacial score (nSPS) is 10.6. The summed E-state index contributed by atoms with van der Waals surface area (Å²) in [5.41, 5.74) is 5.87. The van der Waals surface area contributed by atoms with Crippen LogP contribution in [0, 0.1) is 10.1 Å². The zero-order valence-electron chi connectivity index (χ0n) is 8.34. The van der Waals surface area contributed by atoms with Gasteiger partial charge in [-0.2, -0.15) is 4.98 Å². The predicted molar refractivity (Wildman–Crippen MR) is 58.2 cm³/mol. The van der Waals surface area contributed by atoms with Crippen LogP contribution in [0.3, 0.4) is 0 Å². The van der Waals surface area contributed by atoms with Crippen LogP contribution in [0.2, 0.25) is 0 Å². The van der Waals surface area contributed by atoms with E-state index in [9.17, 15) is 10.1 Å². The van der Waals surface area contributed by atoms with E-state index in [1.165, 1.54) is 6.07 Å². The molecule has 16 heavy (non-hydrogen) atoms. The highest BCUT2D eigenvalue weighted by Crippen LogP contribution is 2.26. The molecule has 0 fully saturated rings. The highest BCUT2D eigenvalue weighted by atomic mass is 16.6. The summed E-state index contributed by atoms with van der Waals surface area (Å²) < 4.78 is 5.28. The molecule has 1 aromatic heterocycles. The Labute approximate surface area is 90.4 Å². The SMILES string of the molecule is NCCNc1nc2c([N+](=O)[O-])cccc2o1. The lowest BCUT2D eigenvalue weighted by molar-refractivity contribution is -0.383. The van der Waals surface area contributed by atoms with Gasteiger partial charge in [-0.15, -0.1) is 0 Å². The van der Waals surface area contributed by atoms with Crippen molar-refractivity contribution in [2.24, 2.45) is 5.73 Å². The van der Waals surface area contributed by atoms with E-state index in [2.05, 4.69) is 10.3 Å². The number of aromatic nitrogens is 1. The summed E-state index contributed by atoms with van der Waals surface area (Å²) >= 11 is 0. The van der Waals surface area contributed by atoms with Crippen molar-refractivity contribution in [3.8, 4) is 0 Å². The summed E-state index contributed by atoms with van der Waals surface area (Å²) in [5.74, 6) is 0. The van der Waals surface area contributed by atoms with Gasteiger partial charge in [0.1, 0.15) is 0 Å². The molecule has 0 aliphatic carbocycles. The largest absolute Gasteiger partial charge is 0.423 e. The van der Waals surface area contributed by atoms with Gasteiger partial charge in [0.05, 0.1) is 4.92 Å². The number of non-ortho nitro benzene ring substituents is 1. The average molecular weight is 222 g/mol. The molecule has 0 aliphatic rings. The Hall–Kier alpha value is -2.15. The Morgan fingerprint density at radius 2 is 2.38 bits per heavy atom. The van der Waals surface area contributed by atoms with Gasteiger partial charge in [0.2, 0.25) is 0 Å². The quantitative estimate of drug-likeness (QED) is 0.592. The molecule has 1 aromatic carbocycles. The first kappa shape index (κ1) is 10.4. The summed E-state index contributed by atoms with van der Waals surface area (Å²) in [4.78, 5) is 14.2. The van der Waals surface area contributed by atoms with Crippen LogP contribution in [0.15, 0.2) is 22.6 Å². The third kappa shape index (κ3) is 1.80. The fraction of sp³-hybridized carbons (Fsp3) is 0.222. The van der Waals surface area contributed by atoms with Crippen molar-refractivity contribution in [3.63, 3.8) is 0 Å². The molecule has 3 N–H and O–H groups in total. The average Bonchev–Trinajstić information content (AvgIpc) is 2.68. The van der Waals surface area contributed by atoms with Crippen LogP contribution in [0.1, 0.15) is 0 Å². The summed E-state index contributed by atoms with van der Waals surface area (Å²) in [6.45, 7) is 0.932. The second kappa shape index (κ2) is 4.15. The Morgan fingerprint density at radius 3 is 3.06 bits per heavy atom. The lowest BCUT2D eigenvalue weighted by atomic mass is 10.3. The number of oxazole rings is 1. The minimum absolute atomic E-state index is 0.0675. The number of nitro benzene ring substituents is 1. The lowest BCUT2D eigenvalue weighted by Gasteiger charge is -1.94. The number of rotatable bonds is 4. The number of nitrogens with zero attached hydrogens (tertiary/aromatic N) is 2. The molecule has 7 nitrogen and oxygen atoms in total. The maximum atomic E-state index is 10.7. The number of nitro groups is 1. The second-order valence-electron chi connectivity index (χ2n) is 3.12. The van der Waals surface area contributed by atoms with Gasteiger partial charge in [0.25, 0.3) is 11.7 Å². The topological polar surface area (TPSA) is 107 Å². The van der Waals surface area contributed by atoms with Crippen molar-refractivity contribution in [1.29, 1.82) is 0 Å². The van der Waals surface area contributed by atoms with Crippen molar-refractivity contribution < 1.29 is 9.34 Å². The number of para-hydroxylation sites is 1. The van der Waals surface area contributed by atoms with E-state index in [1.54, 1.807) is 12.1 Å². The number of nitrogens with two attached hydrogens (primary N) is 1. The fourth-order valence-corrected chi connectivity index (χ4v) is 1.34. The van der Waals surface area contributed by atoms with E-state index < -0.39 is 4.92 Å². The predicted octanol–water partition coefficient (Wildman–Crippen LogP) is 1.11. The highest BCUT2D eigenvalue weighted by molar-refractivity contribution is 5.83. The lowest BCUT2D eigenvalue weighted by Crippen LogP contribution is -2.13. The van der Waals surface area contributed by atoms with Crippen LogP contribution in [0.4, 0.5) is 11.7 Å². The van der Waals surface area contributed by atoms with Gasteiger partial charge in [-0.3, -0.25) is 10.1 Å². The number of hydrogen-bond donors (Lipinski definition) is 2. The maximum absolute atomic E-state index is 10.7. The van der Waals surface area contributed by atoms with Crippen LogP contribution >= 0.6 is 0 Å². The Balaban J connectivity index is 2.44. The summed E-state index contributed by atoms with van der Waals surface area (Å²) in [6.07, 6.45) is 0. The molecule has 84 valence electrons. The monoisotopic (exact) mass is 222 g/mol. The van der Waals surface area contributed by atoms with Crippen LogP contribution < -0.4 is 11.1 Å². The smallest absolute Gasteiger partial charge is 0.298 e. The summed E-state index contributed by atoms with van der Waals surface area (Å²) in [5, 5.41) is 13.5. The number of nitrogens with one attached hydrogen (secondary N) is 1. The van der Waals surface area contributed by atoms with E-state index in [4.69, 9.17) is 10.2 Å². The molecule has 2 rings (SSSR count). The molecule has 0 spiro atoms. The molecule has 0 saturated carbocycles. The van der Waals surface area contributed by atoms with Gasteiger partial charge in [-0.1, -0.05) is 6.07 Å². The summed E-state index contributed by atoms with van der Waals surface area (Å²) in [6, 6.07) is 4.81. The van der Waals surface area contributed by atoms with Crippen molar-refractivity contribution in [1.82, 2.24) is 4.98 Å². The molecular formula is C9H10N4O3. The van der Waals surface area contributed by atoms with Gasteiger partial charge in [0.15, 0.2) is 11.1 Å². The van der Waals surface area contributed by atoms with E-state index in [0.717, 1.165) is 0 Å². The van der Waals surface area contributed by atoms with Crippen molar-refractivity contribution in [2.45, 2.75) is 0 Å².